The summed E-state index contributed by atoms with van der Waals surface area (Å²) in [4.78, 5) is 23.3. The molecule has 2 aliphatic heterocycles. The Morgan fingerprint density at radius 2 is 1.76 bits per heavy atom. The zero-order valence-corrected chi connectivity index (χ0v) is 21.5. The highest BCUT2D eigenvalue weighted by Gasteiger charge is 2.21. The Hall–Kier alpha value is -2.36. The van der Waals surface area contributed by atoms with Crippen molar-refractivity contribution in [3.8, 4) is 0 Å². The maximum absolute atomic E-state index is 13.2. The fourth-order valence-corrected chi connectivity index (χ4v) is 4.34. The summed E-state index contributed by atoms with van der Waals surface area (Å²) in [5, 5.41) is 3.42. The molecule has 2 heterocycles. The summed E-state index contributed by atoms with van der Waals surface area (Å²) in [7, 11) is 0. The number of carbonyl (C=O) groups is 1. The number of anilines is 1. The molecule has 2 aromatic rings. The van der Waals surface area contributed by atoms with Gasteiger partial charge in [-0.15, -0.1) is 24.0 Å². The Kier molecular flexibility index (Phi) is 9.34. The van der Waals surface area contributed by atoms with Crippen LogP contribution in [-0.4, -0.2) is 60.9 Å². The molecule has 0 atom stereocenters. The van der Waals surface area contributed by atoms with Crippen LogP contribution in [0.4, 0.5) is 10.1 Å². The normalized spacial score (nSPS) is 16.7. The third-order valence-corrected chi connectivity index (χ3v) is 6.05. The van der Waals surface area contributed by atoms with Crippen molar-refractivity contribution >= 4 is 41.5 Å². The van der Waals surface area contributed by atoms with E-state index in [2.05, 4.69) is 46.3 Å². The van der Waals surface area contributed by atoms with Crippen LogP contribution in [0.25, 0.3) is 0 Å². The van der Waals surface area contributed by atoms with Crippen molar-refractivity contribution in [3.63, 3.8) is 0 Å². The summed E-state index contributed by atoms with van der Waals surface area (Å²) in [5.74, 6) is 0.971. The van der Waals surface area contributed by atoms with Crippen molar-refractivity contribution in [2.24, 2.45) is 4.99 Å². The van der Waals surface area contributed by atoms with E-state index in [-0.39, 0.29) is 35.7 Å². The lowest BCUT2D eigenvalue weighted by Gasteiger charge is -2.37. The minimum atomic E-state index is -0.204. The highest BCUT2D eigenvalue weighted by atomic mass is 127. The Balaban J connectivity index is 0.00000306. The topological polar surface area (TPSA) is 51.2 Å². The van der Waals surface area contributed by atoms with E-state index in [9.17, 15) is 9.18 Å². The van der Waals surface area contributed by atoms with Gasteiger partial charge in [0.2, 0.25) is 5.91 Å². The average Bonchev–Trinajstić information content (AvgIpc) is 3.22. The van der Waals surface area contributed by atoms with Crippen LogP contribution in [0.3, 0.4) is 0 Å². The second-order valence-corrected chi connectivity index (χ2v) is 8.36. The van der Waals surface area contributed by atoms with Crippen LogP contribution in [0.1, 0.15) is 30.9 Å². The number of benzene rings is 2. The standard InChI is InChI=1S/C25H32FN5O.HI/c1-2-27-25(30-15-13-29(14-16-30)23-10-8-22(26)9-11-23)28-18-20-5-3-6-21(17-20)19-31-12-4-7-24(31)32;/h3,5-6,8-11,17H,2,4,7,12-16,18-19H2,1H3,(H,27,28);1H. The number of likely N-dealkylation sites (tertiary alicyclic amines) is 1. The maximum Gasteiger partial charge on any atom is 0.222 e. The van der Waals surface area contributed by atoms with Gasteiger partial charge in [0.15, 0.2) is 5.96 Å². The first-order chi connectivity index (χ1) is 15.6. The molecule has 6 nitrogen and oxygen atoms in total. The van der Waals surface area contributed by atoms with Crippen LogP contribution in [0.2, 0.25) is 0 Å². The Morgan fingerprint density at radius 1 is 1.03 bits per heavy atom. The number of nitrogens with zero attached hydrogens (tertiary/aromatic N) is 4. The number of piperazine rings is 1. The zero-order valence-electron chi connectivity index (χ0n) is 19.2. The van der Waals surface area contributed by atoms with Crippen molar-refractivity contribution in [2.45, 2.75) is 32.9 Å². The molecule has 0 aromatic heterocycles. The average molecular weight is 565 g/mol. The number of nitrogens with one attached hydrogen (secondary N) is 1. The van der Waals surface area contributed by atoms with Crippen molar-refractivity contribution in [3.05, 3.63) is 65.5 Å². The van der Waals surface area contributed by atoms with Gasteiger partial charge in [-0.3, -0.25) is 4.79 Å². The summed E-state index contributed by atoms with van der Waals surface area (Å²) in [6.07, 6.45) is 1.63. The highest BCUT2D eigenvalue weighted by Crippen LogP contribution is 2.18. The molecule has 0 saturated carbocycles. The fourth-order valence-electron chi connectivity index (χ4n) is 4.34. The van der Waals surface area contributed by atoms with Gasteiger partial charge in [0.05, 0.1) is 6.54 Å². The molecule has 1 N–H and O–H groups in total. The SMILES string of the molecule is CCNC(=NCc1cccc(CN2CCCC2=O)c1)N1CCN(c2ccc(F)cc2)CC1.I. The number of halogens is 2. The monoisotopic (exact) mass is 565 g/mol. The maximum atomic E-state index is 13.2. The largest absolute Gasteiger partial charge is 0.368 e. The molecule has 0 unspecified atom stereocenters. The number of carbonyl (C=O) groups excluding carboxylic acids is 1. The lowest BCUT2D eigenvalue weighted by molar-refractivity contribution is -0.128. The molecule has 2 aliphatic rings. The number of guanidine groups is 1. The third kappa shape index (κ3) is 6.82. The molecule has 0 radical (unpaired) electrons. The van der Waals surface area contributed by atoms with Crippen LogP contribution < -0.4 is 10.2 Å². The molecule has 2 aromatic carbocycles. The summed E-state index contributed by atoms with van der Waals surface area (Å²) >= 11 is 0. The Labute approximate surface area is 212 Å². The van der Waals surface area contributed by atoms with Crippen LogP contribution >= 0.6 is 24.0 Å². The predicted octanol–water partition coefficient (Wildman–Crippen LogP) is 3.85. The Bertz CT molecular complexity index is 944. The first-order valence-corrected chi connectivity index (χ1v) is 11.5. The van der Waals surface area contributed by atoms with Crippen molar-refractivity contribution in [1.29, 1.82) is 0 Å². The van der Waals surface area contributed by atoms with Gasteiger partial charge in [0.25, 0.3) is 0 Å². The molecule has 1 amide bonds. The van der Waals surface area contributed by atoms with Crippen molar-refractivity contribution in [1.82, 2.24) is 15.1 Å². The smallest absolute Gasteiger partial charge is 0.222 e. The lowest BCUT2D eigenvalue weighted by atomic mass is 10.1. The van der Waals surface area contributed by atoms with Crippen molar-refractivity contribution < 1.29 is 9.18 Å². The first kappa shape index (κ1) is 25.3. The molecule has 178 valence electrons. The molecule has 2 saturated heterocycles. The van der Waals surface area contributed by atoms with E-state index in [0.717, 1.165) is 68.5 Å². The molecular weight excluding hydrogens is 532 g/mol. The molecule has 4 rings (SSSR count). The molecule has 2 fully saturated rings. The number of hydrogen-bond acceptors (Lipinski definition) is 3. The summed E-state index contributed by atoms with van der Waals surface area (Å²) < 4.78 is 13.2. The number of rotatable bonds is 6. The number of aliphatic imine (C=N–C) groups is 1. The second-order valence-electron chi connectivity index (χ2n) is 8.36. The van der Waals surface area contributed by atoms with E-state index >= 15 is 0 Å². The summed E-state index contributed by atoms with van der Waals surface area (Å²) in [6, 6.07) is 15.1. The minimum Gasteiger partial charge on any atom is -0.368 e. The lowest BCUT2D eigenvalue weighted by Crippen LogP contribution is -2.52. The van der Waals surface area contributed by atoms with Gasteiger partial charge in [-0.05, 0) is 48.7 Å². The van der Waals surface area contributed by atoms with Crippen LogP contribution in [0.15, 0.2) is 53.5 Å². The van der Waals surface area contributed by atoms with Gasteiger partial charge < -0.3 is 20.0 Å². The summed E-state index contributed by atoms with van der Waals surface area (Å²) in [6.45, 7) is 8.50. The van der Waals surface area contributed by atoms with E-state index in [4.69, 9.17) is 4.99 Å². The number of hydrogen-bond donors (Lipinski definition) is 1. The van der Waals surface area contributed by atoms with Gasteiger partial charge in [-0.1, -0.05) is 24.3 Å². The van der Waals surface area contributed by atoms with Crippen LogP contribution in [0.5, 0.6) is 0 Å². The van der Waals surface area contributed by atoms with Gasteiger partial charge in [-0.2, -0.15) is 0 Å². The van der Waals surface area contributed by atoms with Crippen LogP contribution in [-0.2, 0) is 17.9 Å². The Morgan fingerprint density at radius 3 is 2.42 bits per heavy atom. The van der Waals surface area contributed by atoms with E-state index in [0.29, 0.717) is 19.5 Å². The summed E-state index contributed by atoms with van der Waals surface area (Å²) in [5.41, 5.74) is 3.36. The number of amides is 1. The predicted molar refractivity (Wildman–Crippen MR) is 142 cm³/mol. The molecular formula is C25H33FIN5O. The quantitative estimate of drug-likeness (QED) is 0.329. The van der Waals surface area contributed by atoms with Gasteiger partial charge in [0, 0.05) is 57.9 Å². The van der Waals surface area contributed by atoms with E-state index in [1.165, 1.54) is 12.1 Å². The minimum absolute atomic E-state index is 0. The third-order valence-electron chi connectivity index (χ3n) is 6.05. The van der Waals surface area contributed by atoms with Gasteiger partial charge >= 0.3 is 0 Å². The van der Waals surface area contributed by atoms with Crippen LogP contribution in [0, 0.1) is 5.82 Å². The van der Waals surface area contributed by atoms with Gasteiger partial charge in [-0.25, -0.2) is 9.38 Å². The molecule has 8 heteroatoms. The fraction of sp³-hybridized carbons (Fsp3) is 0.440. The van der Waals surface area contributed by atoms with E-state index < -0.39 is 0 Å². The van der Waals surface area contributed by atoms with E-state index in [1.807, 2.05) is 17.0 Å². The molecule has 33 heavy (non-hydrogen) atoms. The van der Waals surface area contributed by atoms with Crippen molar-refractivity contribution in [2.75, 3.05) is 44.2 Å². The van der Waals surface area contributed by atoms with Gasteiger partial charge in [0.1, 0.15) is 5.82 Å². The second kappa shape index (κ2) is 12.2. The first-order valence-electron chi connectivity index (χ1n) is 11.5. The molecule has 0 aliphatic carbocycles. The highest BCUT2D eigenvalue weighted by molar-refractivity contribution is 14.0. The zero-order chi connectivity index (χ0) is 22.3. The van der Waals surface area contributed by atoms with E-state index in [1.54, 1.807) is 0 Å². The molecule has 0 bridgehead atoms. The molecule has 0 spiro atoms.